The van der Waals surface area contributed by atoms with Crippen molar-refractivity contribution in [2.45, 2.75) is 33.7 Å². The first kappa shape index (κ1) is 28.1. The van der Waals surface area contributed by atoms with E-state index in [0.29, 0.717) is 32.7 Å². The second-order valence-corrected chi connectivity index (χ2v) is 6.71. The van der Waals surface area contributed by atoms with Gasteiger partial charge in [-0.2, -0.15) is 0 Å². The van der Waals surface area contributed by atoms with Gasteiger partial charge >= 0.3 is 0 Å². The van der Waals surface area contributed by atoms with Gasteiger partial charge in [0.05, 0.1) is 19.1 Å². The summed E-state index contributed by atoms with van der Waals surface area (Å²) < 4.78 is 0. The zero-order chi connectivity index (χ0) is 19.0. The summed E-state index contributed by atoms with van der Waals surface area (Å²) in [5.41, 5.74) is 5.75. The zero-order valence-electron chi connectivity index (χ0n) is 16.8. The highest BCUT2D eigenvalue weighted by molar-refractivity contribution is 5.87. The number of hydrogen-bond donors (Lipinski definition) is 2. The quantitative estimate of drug-likeness (QED) is 0.565. The summed E-state index contributed by atoms with van der Waals surface area (Å²) in [5, 5.41) is 2.59. The highest BCUT2D eigenvalue weighted by Crippen LogP contribution is 2.04. The molecule has 0 bridgehead atoms. The van der Waals surface area contributed by atoms with Crippen molar-refractivity contribution in [2.75, 3.05) is 52.4 Å². The highest BCUT2D eigenvalue weighted by Gasteiger charge is 2.25. The van der Waals surface area contributed by atoms with E-state index < -0.39 is 6.04 Å². The molecule has 160 valence electrons. The minimum absolute atomic E-state index is 0. The SMILES string of the molecule is CCN(CC)CC(=O)N1CCN(C(=O)CNC(=O)[C@@H](N)C(C)C)CC1.Cl.Cl. The Hall–Kier alpha value is -1.09. The van der Waals surface area contributed by atoms with Crippen molar-refractivity contribution in [1.29, 1.82) is 0 Å². The van der Waals surface area contributed by atoms with Crippen LogP contribution in [0, 0.1) is 5.92 Å². The predicted molar refractivity (Wildman–Crippen MR) is 111 cm³/mol. The minimum Gasteiger partial charge on any atom is -0.346 e. The summed E-state index contributed by atoms with van der Waals surface area (Å²) in [6.45, 7) is 11.9. The minimum atomic E-state index is -0.609. The van der Waals surface area contributed by atoms with Gasteiger partial charge in [0.1, 0.15) is 0 Å². The molecule has 0 aromatic rings. The average Bonchev–Trinajstić information content (AvgIpc) is 2.62. The molecule has 1 heterocycles. The molecule has 1 rings (SSSR count). The first-order valence-corrected chi connectivity index (χ1v) is 9.11. The van der Waals surface area contributed by atoms with Gasteiger partial charge in [0, 0.05) is 26.2 Å². The first-order valence-electron chi connectivity index (χ1n) is 9.11. The molecule has 3 amide bonds. The zero-order valence-corrected chi connectivity index (χ0v) is 18.4. The molecule has 0 unspecified atom stereocenters. The molecule has 10 heteroatoms. The fourth-order valence-electron chi connectivity index (χ4n) is 2.64. The Morgan fingerprint density at radius 1 is 0.963 bits per heavy atom. The number of rotatable bonds is 8. The molecule has 0 aromatic carbocycles. The molecule has 27 heavy (non-hydrogen) atoms. The lowest BCUT2D eigenvalue weighted by molar-refractivity contribution is -0.140. The molecule has 8 nitrogen and oxygen atoms in total. The van der Waals surface area contributed by atoms with Gasteiger partial charge in [0.15, 0.2) is 0 Å². The van der Waals surface area contributed by atoms with Crippen LogP contribution in [-0.4, -0.2) is 90.8 Å². The molecule has 0 aromatic heterocycles. The van der Waals surface area contributed by atoms with E-state index in [2.05, 4.69) is 10.2 Å². The van der Waals surface area contributed by atoms with Crippen molar-refractivity contribution in [3.8, 4) is 0 Å². The van der Waals surface area contributed by atoms with Crippen LogP contribution in [0.2, 0.25) is 0 Å². The number of nitrogens with zero attached hydrogens (tertiary/aromatic N) is 3. The van der Waals surface area contributed by atoms with E-state index in [1.165, 1.54) is 0 Å². The number of piperazine rings is 1. The third-order valence-electron chi connectivity index (χ3n) is 4.67. The standard InChI is InChI=1S/C17H33N5O3.2ClH/c1-5-20(6-2)12-15(24)22-9-7-21(8-10-22)14(23)11-19-17(25)16(18)13(3)4;;/h13,16H,5-12,18H2,1-4H3,(H,19,25);2*1H/t16-;;/m0../s1. The molecule has 0 spiro atoms. The third kappa shape index (κ3) is 9.10. The van der Waals surface area contributed by atoms with Crippen LogP contribution in [-0.2, 0) is 14.4 Å². The van der Waals surface area contributed by atoms with E-state index in [1.54, 1.807) is 9.80 Å². The number of hydrogen-bond acceptors (Lipinski definition) is 5. The number of amides is 3. The van der Waals surface area contributed by atoms with E-state index in [9.17, 15) is 14.4 Å². The van der Waals surface area contributed by atoms with Crippen LogP contribution in [0.15, 0.2) is 0 Å². The Labute approximate surface area is 175 Å². The highest BCUT2D eigenvalue weighted by atomic mass is 35.5. The van der Waals surface area contributed by atoms with Crippen LogP contribution in [0.25, 0.3) is 0 Å². The van der Waals surface area contributed by atoms with Crippen molar-refractivity contribution in [3.63, 3.8) is 0 Å². The lowest BCUT2D eigenvalue weighted by Crippen LogP contribution is -2.55. The Balaban J connectivity index is 0. The van der Waals surface area contributed by atoms with Crippen molar-refractivity contribution < 1.29 is 14.4 Å². The normalized spacial score (nSPS) is 15.1. The van der Waals surface area contributed by atoms with E-state index in [1.807, 2.05) is 27.7 Å². The molecular formula is C17H35Cl2N5O3. The second kappa shape index (κ2) is 14.0. The maximum atomic E-state index is 12.3. The number of nitrogens with two attached hydrogens (primary N) is 1. The molecule has 0 aliphatic carbocycles. The number of likely N-dealkylation sites (N-methyl/N-ethyl adjacent to an activating group) is 1. The van der Waals surface area contributed by atoms with Gasteiger partial charge in [-0.05, 0) is 19.0 Å². The molecule has 3 N–H and O–H groups in total. The van der Waals surface area contributed by atoms with Gasteiger partial charge in [-0.25, -0.2) is 0 Å². The average molecular weight is 428 g/mol. The fraction of sp³-hybridized carbons (Fsp3) is 0.824. The van der Waals surface area contributed by atoms with Crippen molar-refractivity contribution in [1.82, 2.24) is 20.0 Å². The topological polar surface area (TPSA) is 99.0 Å². The molecule has 0 saturated carbocycles. The lowest BCUT2D eigenvalue weighted by atomic mass is 10.1. The number of carbonyl (C=O) groups is 3. The number of carbonyl (C=O) groups excluding carboxylic acids is 3. The van der Waals surface area contributed by atoms with E-state index in [-0.39, 0.29) is 55.0 Å². The molecule has 1 atom stereocenters. The number of halogens is 2. The Kier molecular flexibility index (Phi) is 14.6. The van der Waals surface area contributed by atoms with Crippen LogP contribution in [0.3, 0.4) is 0 Å². The molecular weight excluding hydrogens is 393 g/mol. The van der Waals surface area contributed by atoms with Gasteiger partial charge in [-0.3, -0.25) is 19.3 Å². The summed E-state index contributed by atoms with van der Waals surface area (Å²) in [4.78, 5) is 41.8. The van der Waals surface area contributed by atoms with Gasteiger partial charge < -0.3 is 20.9 Å². The van der Waals surface area contributed by atoms with Crippen molar-refractivity contribution in [3.05, 3.63) is 0 Å². The Morgan fingerprint density at radius 3 is 1.81 bits per heavy atom. The van der Waals surface area contributed by atoms with Gasteiger partial charge in [-0.1, -0.05) is 27.7 Å². The maximum absolute atomic E-state index is 12.3. The smallest absolute Gasteiger partial charge is 0.242 e. The molecule has 1 saturated heterocycles. The molecule has 1 fully saturated rings. The largest absolute Gasteiger partial charge is 0.346 e. The van der Waals surface area contributed by atoms with E-state index >= 15 is 0 Å². The maximum Gasteiger partial charge on any atom is 0.242 e. The van der Waals surface area contributed by atoms with E-state index in [4.69, 9.17) is 5.73 Å². The van der Waals surface area contributed by atoms with Crippen LogP contribution >= 0.6 is 24.8 Å². The summed E-state index contributed by atoms with van der Waals surface area (Å²) >= 11 is 0. The summed E-state index contributed by atoms with van der Waals surface area (Å²) in [5.74, 6) is -0.320. The number of nitrogens with one attached hydrogen (secondary N) is 1. The molecule has 1 aliphatic rings. The third-order valence-corrected chi connectivity index (χ3v) is 4.67. The lowest BCUT2D eigenvalue weighted by Gasteiger charge is -2.35. The van der Waals surface area contributed by atoms with Crippen LogP contribution < -0.4 is 11.1 Å². The molecule has 0 radical (unpaired) electrons. The van der Waals surface area contributed by atoms with Crippen LogP contribution in [0.1, 0.15) is 27.7 Å². The van der Waals surface area contributed by atoms with Gasteiger partial charge in [-0.15, -0.1) is 24.8 Å². The Morgan fingerprint density at radius 2 is 1.41 bits per heavy atom. The summed E-state index contributed by atoms with van der Waals surface area (Å²) in [7, 11) is 0. The van der Waals surface area contributed by atoms with Crippen molar-refractivity contribution in [2.24, 2.45) is 11.7 Å². The second-order valence-electron chi connectivity index (χ2n) is 6.71. The monoisotopic (exact) mass is 427 g/mol. The fourth-order valence-corrected chi connectivity index (χ4v) is 2.64. The summed E-state index contributed by atoms with van der Waals surface area (Å²) in [6.07, 6.45) is 0. The van der Waals surface area contributed by atoms with Crippen molar-refractivity contribution >= 4 is 42.5 Å². The predicted octanol–water partition coefficient (Wildman–Crippen LogP) is -0.0579. The van der Waals surface area contributed by atoms with Crippen LogP contribution in [0.4, 0.5) is 0 Å². The van der Waals surface area contributed by atoms with Crippen LogP contribution in [0.5, 0.6) is 0 Å². The summed E-state index contributed by atoms with van der Waals surface area (Å²) in [6, 6.07) is -0.609. The van der Waals surface area contributed by atoms with E-state index in [0.717, 1.165) is 13.1 Å². The first-order chi connectivity index (χ1) is 11.8. The van der Waals surface area contributed by atoms with Gasteiger partial charge in [0.25, 0.3) is 0 Å². The molecule has 1 aliphatic heterocycles. The van der Waals surface area contributed by atoms with Gasteiger partial charge in [0.2, 0.25) is 17.7 Å². The Bertz CT molecular complexity index is 467.